The number of halogens is 3. The molecule has 0 aliphatic heterocycles. The van der Waals surface area contributed by atoms with Crippen LogP contribution in [0.5, 0.6) is 0 Å². The molecule has 0 aromatic rings. The van der Waals surface area contributed by atoms with Crippen LogP contribution in [0.15, 0.2) is 0 Å². The summed E-state index contributed by atoms with van der Waals surface area (Å²) in [6, 6.07) is 0. The van der Waals surface area contributed by atoms with E-state index in [9.17, 15) is 18.0 Å². The molecule has 0 spiro atoms. The molecule has 0 fully saturated rings. The van der Waals surface area contributed by atoms with E-state index >= 15 is 0 Å². The average Bonchev–Trinajstić information content (AvgIpc) is 2.15. The Morgan fingerprint density at radius 3 is 2.41 bits per heavy atom. The van der Waals surface area contributed by atoms with E-state index in [0.717, 1.165) is 0 Å². The highest BCUT2D eigenvalue weighted by atomic mass is 19.4. The lowest BCUT2D eigenvalue weighted by Crippen LogP contribution is -2.53. The third kappa shape index (κ3) is 7.17. The molecular weight excluding hydrogens is 239 g/mol. The normalized spacial score (nSPS) is 15.6. The Morgan fingerprint density at radius 2 is 2.00 bits per heavy atom. The molecule has 17 heavy (non-hydrogen) atoms. The second kappa shape index (κ2) is 6.80. The van der Waals surface area contributed by atoms with Gasteiger partial charge < -0.3 is 15.2 Å². The summed E-state index contributed by atoms with van der Waals surface area (Å²) in [4.78, 5) is 10.9. The Hall–Kier alpha value is -0.820. The molecule has 7 heteroatoms. The summed E-state index contributed by atoms with van der Waals surface area (Å²) in [5, 5.41) is 11.6. The largest absolute Gasteiger partial charge is 0.480 e. The first kappa shape index (κ1) is 16.2. The molecule has 4 nitrogen and oxygen atoms in total. The molecule has 102 valence electrons. The highest BCUT2D eigenvalue weighted by Gasteiger charge is 2.32. The van der Waals surface area contributed by atoms with Crippen LogP contribution < -0.4 is 5.32 Å². The topological polar surface area (TPSA) is 58.6 Å². The Kier molecular flexibility index (Phi) is 6.48. The van der Waals surface area contributed by atoms with Gasteiger partial charge in [0.1, 0.15) is 5.54 Å². The van der Waals surface area contributed by atoms with E-state index in [1.807, 2.05) is 0 Å². The number of nitrogens with one attached hydrogen (secondary N) is 1. The molecule has 0 heterocycles. The summed E-state index contributed by atoms with van der Waals surface area (Å²) < 4.78 is 40.4. The number of carboxylic acids is 1. The van der Waals surface area contributed by atoms with Crippen molar-refractivity contribution < 1.29 is 27.8 Å². The zero-order valence-corrected chi connectivity index (χ0v) is 9.93. The molecular formula is C10H18F3NO3. The molecule has 0 aromatic heterocycles. The van der Waals surface area contributed by atoms with Gasteiger partial charge >= 0.3 is 12.1 Å². The number of alkyl halides is 3. The molecule has 0 rings (SSSR count). The van der Waals surface area contributed by atoms with Crippen LogP contribution in [0.4, 0.5) is 13.2 Å². The summed E-state index contributed by atoms with van der Waals surface area (Å²) in [5.41, 5.74) is -1.26. The third-order valence-electron chi connectivity index (χ3n) is 2.18. The minimum Gasteiger partial charge on any atom is -0.480 e. The summed E-state index contributed by atoms with van der Waals surface area (Å²) in [6.45, 7) is 3.35. The molecule has 0 saturated heterocycles. The quantitative estimate of drug-likeness (QED) is 0.651. The van der Waals surface area contributed by atoms with Crippen LogP contribution in [0.3, 0.4) is 0 Å². The van der Waals surface area contributed by atoms with Gasteiger partial charge in [-0.1, -0.05) is 6.92 Å². The monoisotopic (exact) mass is 257 g/mol. The number of aliphatic carboxylic acids is 1. The second-order valence-electron chi connectivity index (χ2n) is 3.94. The fourth-order valence-electron chi connectivity index (χ4n) is 1.23. The van der Waals surface area contributed by atoms with Crippen LogP contribution in [0.2, 0.25) is 0 Å². The minimum atomic E-state index is -4.19. The van der Waals surface area contributed by atoms with E-state index in [-0.39, 0.29) is 19.6 Å². The van der Waals surface area contributed by atoms with Crippen molar-refractivity contribution in [2.45, 2.75) is 38.4 Å². The number of rotatable bonds is 8. The smallest absolute Gasteiger partial charge is 0.389 e. The van der Waals surface area contributed by atoms with E-state index in [4.69, 9.17) is 9.84 Å². The van der Waals surface area contributed by atoms with E-state index in [0.29, 0.717) is 6.54 Å². The van der Waals surface area contributed by atoms with E-state index in [2.05, 4.69) is 5.32 Å². The van der Waals surface area contributed by atoms with Gasteiger partial charge in [-0.25, -0.2) is 0 Å². The van der Waals surface area contributed by atoms with Crippen molar-refractivity contribution in [2.24, 2.45) is 0 Å². The van der Waals surface area contributed by atoms with Gasteiger partial charge in [0, 0.05) is 13.0 Å². The van der Waals surface area contributed by atoms with Crippen molar-refractivity contribution in [3.8, 4) is 0 Å². The predicted octanol–water partition coefficient (Wildman–Crippen LogP) is 1.80. The van der Waals surface area contributed by atoms with Gasteiger partial charge in [-0.15, -0.1) is 0 Å². The summed E-state index contributed by atoms with van der Waals surface area (Å²) in [5.74, 6) is -1.09. The predicted molar refractivity (Wildman–Crippen MR) is 55.8 cm³/mol. The number of likely N-dealkylation sites (N-methyl/N-ethyl adjacent to an activating group) is 1. The standard InChI is InChI=1S/C10H18F3NO3/c1-3-14-9(2,8(15)16)7-17-6-4-5-10(11,12)13/h14H,3-7H2,1-2H3,(H,15,16). The maximum atomic E-state index is 11.8. The lowest BCUT2D eigenvalue weighted by atomic mass is 10.0. The SMILES string of the molecule is CCNC(C)(COCCCC(F)(F)F)C(=O)O. The molecule has 0 saturated carbocycles. The maximum absolute atomic E-state index is 11.8. The molecule has 0 aromatic carbocycles. The molecule has 0 amide bonds. The van der Waals surface area contributed by atoms with Crippen molar-refractivity contribution in [1.29, 1.82) is 0 Å². The number of hydrogen-bond acceptors (Lipinski definition) is 3. The van der Waals surface area contributed by atoms with Gasteiger partial charge in [-0.2, -0.15) is 13.2 Å². The van der Waals surface area contributed by atoms with Crippen LogP contribution in [0.1, 0.15) is 26.7 Å². The number of carboxylic acid groups (broad SMARTS) is 1. The van der Waals surface area contributed by atoms with Gasteiger partial charge in [-0.3, -0.25) is 4.79 Å². The van der Waals surface area contributed by atoms with Crippen molar-refractivity contribution in [1.82, 2.24) is 5.32 Å². The first-order valence-corrected chi connectivity index (χ1v) is 5.34. The fourth-order valence-corrected chi connectivity index (χ4v) is 1.23. The van der Waals surface area contributed by atoms with E-state index < -0.39 is 24.1 Å². The number of carbonyl (C=O) groups is 1. The van der Waals surface area contributed by atoms with Crippen molar-refractivity contribution in [2.75, 3.05) is 19.8 Å². The number of hydrogen-bond donors (Lipinski definition) is 2. The second-order valence-corrected chi connectivity index (χ2v) is 3.94. The van der Waals surface area contributed by atoms with Crippen molar-refractivity contribution in [3.05, 3.63) is 0 Å². The average molecular weight is 257 g/mol. The first-order valence-electron chi connectivity index (χ1n) is 5.34. The van der Waals surface area contributed by atoms with Crippen LogP contribution >= 0.6 is 0 Å². The fraction of sp³-hybridized carbons (Fsp3) is 0.900. The maximum Gasteiger partial charge on any atom is 0.389 e. The highest BCUT2D eigenvalue weighted by molar-refractivity contribution is 5.78. The molecule has 0 bridgehead atoms. The summed E-state index contributed by atoms with van der Waals surface area (Å²) in [7, 11) is 0. The van der Waals surface area contributed by atoms with Gasteiger partial charge in [0.25, 0.3) is 0 Å². The van der Waals surface area contributed by atoms with E-state index in [1.54, 1.807) is 6.92 Å². The molecule has 1 atom stereocenters. The zero-order valence-electron chi connectivity index (χ0n) is 9.93. The van der Waals surface area contributed by atoms with Gasteiger partial charge in [0.05, 0.1) is 6.61 Å². The Bertz CT molecular complexity index is 245. The molecule has 0 aliphatic rings. The van der Waals surface area contributed by atoms with Gasteiger partial charge in [0.2, 0.25) is 0 Å². The summed E-state index contributed by atoms with van der Waals surface area (Å²) >= 11 is 0. The molecule has 0 aliphatic carbocycles. The minimum absolute atomic E-state index is 0.103. The van der Waals surface area contributed by atoms with Crippen LogP contribution in [0.25, 0.3) is 0 Å². The van der Waals surface area contributed by atoms with E-state index in [1.165, 1.54) is 6.92 Å². The lowest BCUT2D eigenvalue weighted by molar-refractivity contribution is -0.148. The third-order valence-corrected chi connectivity index (χ3v) is 2.18. The van der Waals surface area contributed by atoms with Crippen molar-refractivity contribution >= 4 is 5.97 Å². The van der Waals surface area contributed by atoms with Gasteiger partial charge in [-0.05, 0) is 19.9 Å². The Balaban J connectivity index is 3.88. The Labute approximate surface area is 98.1 Å². The van der Waals surface area contributed by atoms with Crippen LogP contribution in [0, 0.1) is 0 Å². The molecule has 0 radical (unpaired) electrons. The van der Waals surface area contributed by atoms with Crippen LogP contribution in [-0.2, 0) is 9.53 Å². The summed E-state index contributed by atoms with van der Waals surface area (Å²) in [6.07, 6.45) is -5.27. The zero-order chi connectivity index (χ0) is 13.5. The molecule has 1 unspecified atom stereocenters. The van der Waals surface area contributed by atoms with Crippen LogP contribution in [-0.4, -0.2) is 42.5 Å². The number of ether oxygens (including phenoxy) is 1. The first-order chi connectivity index (χ1) is 7.71. The lowest BCUT2D eigenvalue weighted by Gasteiger charge is -2.25. The van der Waals surface area contributed by atoms with Crippen molar-refractivity contribution in [3.63, 3.8) is 0 Å². The Morgan fingerprint density at radius 1 is 1.41 bits per heavy atom. The highest BCUT2D eigenvalue weighted by Crippen LogP contribution is 2.21. The molecule has 2 N–H and O–H groups in total. The van der Waals surface area contributed by atoms with Gasteiger partial charge in [0.15, 0.2) is 0 Å².